The second kappa shape index (κ2) is 9.77. The lowest BCUT2D eigenvalue weighted by Gasteiger charge is -2.35. The standard InChI is InChI=1S/C22H27N5OS/c1-4-26-9-11-27(12-10-26)19-7-5-18(6-8-19)25-21(28)15-29-22-20(14-23)16(2)13-17(3)24-22/h5-8,13H,4,9-12,15H2,1-3H3,(H,25,28). The Balaban J connectivity index is 1.55. The van der Waals surface area contributed by atoms with Crippen LogP contribution in [0.15, 0.2) is 35.4 Å². The fourth-order valence-electron chi connectivity index (χ4n) is 3.45. The average Bonchev–Trinajstić information content (AvgIpc) is 2.72. The van der Waals surface area contributed by atoms with Gasteiger partial charge in [-0.2, -0.15) is 5.26 Å². The van der Waals surface area contributed by atoms with E-state index < -0.39 is 0 Å². The smallest absolute Gasteiger partial charge is 0.234 e. The number of nitriles is 1. The highest BCUT2D eigenvalue weighted by Gasteiger charge is 2.16. The number of amides is 1. The van der Waals surface area contributed by atoms with Gasteiger partial charge >= 0.3 is 0 Å². The third kappa shape index (κ3) is 5.49. The summed E-state index contributed by atoms with van der Waals surface area (Å²) >= 11 is 1.30. The number of nitrogens with one attached hydrogen (secondary N) is 1. The van der Waals surface area contributed by atoms with E-state index in [1.54, 1.807) is 0 Å². The van der Waals surface area contributed by atoms with Gasteiger partial charge in [-0.3, -0.25) is 4.79 Å². The van der Waals surface area contributed by atoms with Gasteiger partial charge in [-0.15, -0.1) is 0 Å². The first-order valence-electron chi connectivity index (χ1n) is 9.88. The highest BCUT2D eigenvalue weighted by atomic mass is 32.2. The second-order valence-electron chi connectivity index (χ2n) is 7.18. The topological polar surface area (TPSA) is 72.3 Å². The molecule has 1 saturated heterocycles. The Morgan fingerprint density at radius 1 is 1.21 bits per heavy atom. The van der Waals surface area contributed by atoms with E-state index in [4.69, 9.17) is 0 Å². The highest BCUT2D eigenvalue weighted by Crippen LogP contribution is 2.24. The van der Waals surface area contributed by atoms with Crippen LogP contribution >= 0.6 is 11.8 Å². The van der Waals surface area contributed by atoms with E-state index in [0.717, 1.165) is 49.7 Å². The van der Waals surface area contributed by atoms with Crippen molar-refractivity contribution in [2.45, 2.75) is 25.8 Å². The van der Waals surface area contributed by atoms with Crippen LogP contribution in [-0.2, 0) is 4.79 Å². The molecule has 1 N–H and O–H groups in total. The molecule has 1 aliphatic heterocycles. The molecule has 0 spiro atoms. The summed E-state index contributed by atoms with van der Waals surface area (Å²) in [6, 6.07) is 12.1. The molecule has 2 aromatic rings. The number of carbonyl (C=O) groups excluding carboxylic acids is 1. The number of piperazine rings is 1. The summed E-state index contributed by atoms with van der Waals surface area (Å²) in [4.78, 5) is 21.6. The third-order valence-electron chi connectivity index (χ3n) is 5.10. The van der Waals surface area contributed by atoms with E-state index in [-0.39, 0.29) is 11.7 Å². The first kappa shape index (κ1) is 21.2. The Morgan fingerprint density at radius 3 is 2.52 bits per heavy atom. The number of benzene rings is 1. The zero-order chi connectivity index (χ0) is 20.8. The number of aromatic nitrogens is 1. The molecule has 3 rings (SSSR count). The Morgan fingerprint density at radius 2 is 1.90 bits per heavy atom. The van der Waals surface area contributed by atoms with Crippen LogP contribution in [0.4, 0.5) is 11.4 Å². The Bertz CT molecular complexity index is 899. The number of pyridine rings is 1. The second-order valence-corrected chi connectivity index (χ2v) is 8.14. The molecule has 7 heteroatoms. The van der Waals surface area contributed by atoms with Crippen LogP contribution in [0.1, 0.15) is 23.7 Å². The minimum atomic E-state index is -0.107. The van der Waals surface area contributed by atoms with Gasteiger partial charge in [0.1, 0.15) is 11.1 Å². The molecule has 0 atom stereocenters. The largest absolute Gasteiger partial charge is 0.369 e. The van der Waals surface area contributed by atoms with Crippen molar-refractivity contribution in [1.82, 2.24) is 9.88 Å². The van der Waals surface area contributed by atoms with Crippen LogP contribution in [0.25, 0.3) is 0 Å². The number of hydrogen-bond acceptors (Lipinski definition) is 6. The number of likely N-dealkylation sites (N-methyl/N-ethyl adjacent to an activating group) is 1. The molecule has 29 heavy (non-hydrogen) atoms. The van der Waals surface area contributed by atoms with Crippen LogP contribution in [0.2, 0.25) is 0 Å². The van der Waals surface area contributed by atoms with Crippen molar-refractivity contribution in [3.8, 4) is 6.07 Å². The highest BCUT2D eigenvalue weighted by molar-refractivity contribution is 8.00. The van der Waals surface area contributed by atoms with Crippen LogP contribution in [0.5, 0.6) is 0 Å². The third-order valence-corrected chi connectivity index (χ3v) is 6.07. The van der Waals surface area contributed by atoms with E-state index in [9.17, 15) is 10.1 Å². The van der Waals surface area contributed by atoms with Gasteiger partial charge < -0.3 is 15.1 Å². The monoisotopic (exact) mass is 409 g/mol. The number of rotatable bonds is 6. The maximum Gasteiger partial charge on any atom is 0.234 e. The lowest BCUT2D eigenvalue weighted by atomic mass is 10.1. The van der Waals surface area contributed by atoms with E-state index in [1.807, 2.05) is 32.0 Å². The van der Waals surface area contributed by atoms with Gasteiger partial charge in [0, 0.05) is 43.2 Å². The number of anilines is 2. The lowest BCUT2D eigenvalue weighted by molar-refractivity contribution is -0.113. The molecule has 6 nitrogen and oxygen atoms in total. The molecule has 0 bridgehead atoms. The summed E-state index contributed by atoms with van der Waals surface area (Å²) in [6.45, 7) is 11.3. The minimum Gasteiger partial charge on any atom is -0.369 e. The van der Waals surface area contributed by atoms with E-state index in [0.29, 0.717) is 10.6 Å². The Kier molecular flexibility index (Phi) is 7.13. The van der Waals surface area contributed by atoms with Crippen LogP contribution in [0, 0.1) is 25.2 Å². The van der Waals surface area contributed by atoms with Gasteiger partial charge in [-0.1, -0.05) is 18.7 Å². The summed E-state index contributed by atoms with van der Waals surface area (Å²) in [5.41, 5.74) is 4.24. The maximum absolute atomic E-state index is 12.4. The average molecular weight is 410 g/mol. The summed E-state index contributed by atoms with van der Waals surface area (Å²) in [5.74, 6) is 0.106. The molecule has 0 radical (unpaired) electrons. The number of hydrogen-bond donors (Lipinski definition) is 1. The van der Waals surface area contributed by atoms with Crippen LogP contribution in [-0.4, -0.2) is 54.3 Å². The summed E-state index contributed by atoms with van der Waals surface area (Å²) in [6.07, 6.45) is 0. The molecule has 1 aromatic heterocycles. The zero-order valence-electron chi connectivity index (χ0n) is 17.2. The van der Waals surface area contributed by atoms with Crippen LogP contribution in [0.3, 0.4) is 0 Å². The first-order valence-corrected chi connectivity index (χ1v) is 10.9. The van der Waals surface area contributed by atoms with E-state index in [1.165, 1.54) is 17.4 Å². The fourth-order valence-corrected chi connectivity index (χ4v) is 4.35. The molecular formula is C22H27N5OS. The molecule has 1 aliphatic rings. The minimum absolute atomic E-state index is 0.107. The number of nitrogens with zero attached hydrogens (tertiary/aromatic N) is 4. The van der Waals surface area contributed by atoms with Crippen molar-refractivity contribution >= 4 is 29.0 Å². The van der Waals surface area contributed by atoms with Crippen molar-refractivity contribution < 1.29 is 4.79 Å². The van der Waals surface area contributed by atoms with Crippen molar-refractivity contribution in [3.63, 3.8) is 0 Å². The maximum atomic E-state index is 12.4. The van der Waals surface area contributed by atoms with Gasteiger partial charge in [0.25, 0.3) is 0 Å². The molecule has 152 valence electrons. The molecule has 2 heterocycles. The summed E-state index contributed by atoms with van der Waals surface area (Å²) in [5, 5.41) is 12.9. The van der Waals surface area contributed by atoms with Gasteiger partial charge in [0.15, 0.2) is 0 Å². The quantitative estimate of drug-likeness (QED) is 0.737. The van der Waals surface area contributed by atoms with E-state index >= 15 is 0 Å². The molecule has 1 amide bonds. The predicted octanol–water partition coefficient (Wildman–Crippen LogP) is 3.44. The van der Waals surface area contributed by atoms with Gasteiger partial charge in [0.05, 0.1) is 11.3 Å². The molecule has 0 unspecified atom stereocenters. The number of thioether (sulfide) groups is 1. The predicted molar refractivity (Wildman–Crippen MR) is 119 cm³/mol. The molecule has 1 fully saturated rings. The van der Waals surface area contributed by atoms with Crippen LogP contribution < -0.4 is 10.2 Å². The van der Waals surface area contributed by atoms with Crippen molar-refractivity contribution in [2.24, 2.45) is 0 Å². The van der Waals surface area contributed by atoms with Gasteiger partial charge in [-0.25, -0.2) is 4.98 Å². The summed E-state index contributed by atoms with van der Waals surface area (Å²) < 4.78 is 0. The lowest BCUT2D eigenvalue weighted by Crippen LogP contribution is -2.46. The Hall–Kier alpha value is -2.56. The molecule has 0 aliphatic carbocycles. The Labute approximate surface area is 176 Å². The molecular weight excluding hydrogens is 382 g/mol. The molecule has 0 saturated carbocycles. The van der Waals surface area contributed by atoms with Crippen molar-refractivity contribution in [3.05, 3.63) is 47.2 Å². The SMILES string of the molecule is CCN1CCN(c2ccc(NC(=O)CSc3nc(C)cc(C)c3C#N)cc2)CC1. The first-order chi connectivity index (χ1) is 14.0. The fraction of sp³-hybridized carbons (Fsp3) is 0.409. The zero-order valence-corrected chi connectivity index (χ0v) is 18.1. The molecule has 1 aromatic carbocycles. The van der Waals surface area contributed by atoms with Gasteiger partial charge in [-0.05, 0) is 56.3 Å². The van der Waals surface area contributed by atoms with Gasteiger partial charge in [0.2, 0.25) is 5.91 Å². The van der Waals surface area contributed by atoms with E-state index in [2.05, 4.69) is 45.2 Å². The number of aryl methyl sites for hydroxylation is 2. The summed E-state index contributed by atoms with van der Waals surface area (Å²) in [7, 11) is 0. The number of carbonyl (C=O) groups is 1. The van der Waals surface area contributed by atoms with Crippen molar-refractivity contribution in [2.75, 3.05) is 48.7 Å². The normalized spacial score (nSPS) is 14.5. The van der Waals surface area contributed by atoms with Crippen molar-refractivity contribution in [1.29, 1.82) is 5.26 Å².